The van der Waals surface area contributed by atoms with E-state index in [1.807, 2.05) is 13.8 Å². The number of carbonyl (C=O) groups is 1. The van der Waals surface area contributed by atoms with E-state index in [0.29, 0.717) is 11.4 Å². The lowest BCUT2D eigenvalue weighted by Gasteiger charge is -2.35. The first-order valence-corrected chi connectivity index (χ1v) is 9.43. The van der Waals surface area contributed by atoms with Crippen molar-refractivity contribution in [2.24, 2.45) is 5.73 Å². The van der Waals surface area contributed by atoms with Crippen LogP contribution in [0.5, 0.6) is 0 Å². The van der Waals surface area contributed by atoms with Crippen LogP contribution in [0.1, 0.15) is 48.2 Å². The zero-order valence-electron chi connectivity index (χ0n) is 15.9. The van der Waals surface area contributed by atoms with Gasteiger partial charge in [0.15, 0.2) is 5.82 Å². The number of aromatic nitrogens is 4. The molecule has 1 saturated heterocycles. The van der Waals surface area contributed by atoms with Crippen molar-refractivity contribution in [3.8, 4) is 0 Å². The summed E-state index contributed by atoms with van der Waals surface area (Å²) < 4.78 is 4.49. The largest absolute Gasteiger partial charge is 0.365 e. The van der Waals surface area contributed by atoms with E-state index in [9.17, 15) is 4.79 Å². The minimum Gasteiger partial charge on any atom is -0.365 e. The Balaban J connectivity index is 1.76. The van der Waals surface area contributed by atoms with Gasteiger partial charge < -0.3 is 15.5 Å². The van der Waals surface area contributed by atoms with E-state index in [4.69, 9.17) is 5.73 Å². The van der Waals surface area contributed by atoms with Crippen molar-refractivity contribution in [3.63, 3.8) is 0 Å². The number of rotatable bonds is 3. The molecule has 1 aliphatic heterocycles. The van der Waals surface area contributed by atoms with E-state index < -0.39 is 5.91 Å². The van der Waals surface area contributed by atoms with Crippen LogP contribution < -0.4 is 15.5 Å². The Morgan fingerprint density at radius 2 is 1.69 bits per heavy atom. The number of primary amides is 1. The van der Waals surface area contributed by atoms with Gasteiger partial charge >= 0.3 is 0 Å². The van der Waals surface area contributed by atoms with Gasteiger partial charge in [-0.15, -0.1) is 5.10 Å². The van der Waals surface area contributed by atoms with Gasteiger partial charge in [-0.2, -0.15) is 9.47 Å². The van der Waals surface area contributed by atoms with Gasteiger partial charge in [-0.25, -0.2) is 4.98 Å². The Morgan fingerprint density at radius 3 is 2.23 bits per heavy atom. The molecule has 9 heteroatoms. The van der Waals surface area contributed by atoms with Gasteiger partial charge in [0, 0.05) is 43.1 Å². The molecular weight excluding hydrogens is 350 g/mol. The molecule has 0 aromatic carbocycles. The maximum Gasteiger partial charge on any atom is 0.252 e. The molecule has 8 nitrogen and oxygen atoms in total. The summed E-state index contributed by atoms with van der Waals surface area (Å²) in [6.45, 7) is 13.0. The second-order valence-electron chi connectivity index (χ2n) is 7.60. The molecule has 3 rings (SSSR count). The van der Waals surface area contributed by atoms with Crippen molar-refractivity contribution in [2.75, 3.05) is 36.0 Å². The monoisotopic (exact) mass is 375 g/mol. The molecule has 1 aliphatic rings. The number of amides is 1. The maximum absolute atomic E-state index is 11.9. The number of anilines is 2. The topological polar surface area (TPSA) is 101 Å². The molecule has 2 N–H and O–H groups in total. The van der Waals surface area contributed by atoms with Crippen LogP contribution in [0.2, 0.25) is 0 Å². The molecule has 0 radical (unpaired) electrons. The average molecular weight is 376 g/mol. The standard InChI is InChI=1S/C17H25N7OS/c1-10-11(2)20-21-14(12(10)13(18)25)23-6-8-24(9-7-23)16-19-15(22-26-16)17(3,4)5/h6-9H2,1-5H3,(H2,18,25). The molecule has 3 heterocycles. The third-order valence-corrected chi connectivity index (χ3v) is 5.40. The molecule has 140 valence electrons. The van der Waals surface area contributed by atoms with Gasteiger partial charge in [0.2, 0.25) is 5.13 Å². The number of piperazine rings is 1. The summed E-state index contributed by atoms with van der Waals surface area (Å²) in [6, 6.07) is 0. The highest BCUT2D eigenvalue weighted by atomic mass is 32.1. The van der Waals surface area contributed by atoms with Crippen LogP contribution in [0.15, 0.2) is 0 Å². The third kappa shape index (κ3) is 3.48. The van der Waals surface area contributed by atoms with Gasteiger partial charge in [-0.05, 0) is 19.4 Å². The smallest absolute Gasteiger partial charge is 0.252 e. The fourth-order valence-electron chi connectivity index (χ4n) is 2.87. The summed E-state index contributed by atoms with van der Waals surface area (Å²) in [4.78, 5) is 20.9. The summed E-state index contributed by atoms with van der Waals surface area (Å²) in [6.07, 6.45) is 0. The molecular formula is C17H25N7OS. The van der Waals surface area contributed by atoms with Crippen LogP contribution in [0.25, 0.3) is 0 Å². The number of aryl methyl sites for hydroxylation is 1. The number of hydrogen-bond donors (Lipinski definition) is 1. The van der Waals surface area contributed by atoms with E-state index in [1.54, 1.807) is 0 Å². The number of carbonyl (C=O) groups excluding carboxylic acids is 1. The molecule has 2 aromatic heterocycles. The number of nitrogens with two attached hydrogens (primary N) is 1. The molecule has 26 heavy (non-hydrogen) atoms. The summed E-state index contributed by atoms with van der Waals surface area (Å²) >= 11 is 1.44. The van der Waals surface area contributed by atoms with Crippen molar-refractivity contribution in [3.05, 3.63) is 22.6 Å². The van der Waals surface area contributed by atoms with Crippen molar-refractivity contribution in [2.45, 2.75) is 40.0 Å². The van der Waals surface area contributed by atoms with E-state index >= 15 is 0 Å². The van der Waals surface area contributed by atoms with Crippen LogP contribution in [0.3, 0.4) is 0 Å². The summed E-state index contributed by atoms with van der Waals surface area (Å²) in [5, 5.41) is 9.36. The van der Waals surface area contributed by atoms with E-state index in [0.717, 1.165) is 48.4 Å². The molecule has 0 bridgehead atoms. The molecule has 0 unspecified atom stereocenters. The Bertz CT molecular complexity index is 819. The molecule has 0 aliphatic carbocycles. The highest BCUT2D eigenvalue weighted by Crippen LogP contribution is 2.28. The summed E-state index contributed by atoms with van der Waals surface area (Å²) in [5.41, 5.74) is 7.53. The molecule has 2 aromatic rings. The van der Waals surface area contributed by atoms with Crippen LogP contribution in [-0.2, 0) is 5.41 Å². The van der Waals surface area contributed by atoms with Crippen LogP contribution >= 0.6 is 11.5 Å². The second kappa shape index (κ2) is 6.79. The Hall–Kier alpha value is -2.29. The number of hydrogen-bond acceptors (Lipinski definition) is 8. The van der Waals surface area contributed by atoms with Crippen LogP contribution in [0.4, 0.5) is 10.9 Å². The highest BCUT2D eigenvalue weighted by molar-refractivity contribution is 7.09. The first-order chi connectivity index (χ1) is 12.2. The molecule has 1 fully saturated rings. The second-order valence-corrected chi connectivity index (χ2v) is 8.33. The van der Waals surface area contributed by atoms with Crippen molar-refractivity contribution >= 4 is 28.4 Å². The van der Waals surface area contributed by atoms with Gasteiger partial charge in [0.1, 0.15) is 5.82 Å². The van der Waals surface area contributed by atoms with Gasteiger partial charge in [-0.3, -0.25) is 4.79 Å². The van der Waals surface area contributed by atoms with E-state index in [2.05, 4.69) is 50.1 Å². The minimum absolute atomic E-state index is 0.0536. The van der Waals surface area contributed by atoms with Gasteiger partial charge in [0.25, 0.3) is 5.91 Å². The normalized spacial score (nSPS) is 15.4. The summed E-state index contributed by atoms with van der Waals surface area (Å²) in [5.74, 6) is 0.987. The van der Waals surface area contributed by atoms with Gasteiger partial charge in [0.05, 0.1) is 11.3 Å². The van der Waals surface area contributed by atoms with Crippen LogP contribution in [0, 0.1) is 13.8 Å². The zero-order chi connectivity index (χ0) is 19.1. The fourth-order valence-corrected chi connectivity index (χ4v) is 3.78. The fraction of sp³-hybridized carbons (Fsp3) is 0.588. The summed E-state index contributed by atoms with van der Waals surface area (Å²) in [7, 11) is 0. The number of nitrogens with zero attached hydrogens (tertiary/aromatic N) is 6. The lowest BCUT2D eigenvalue weighted by atomic mass is 9.96. The van der Waals surface area contributed by atoms with Gasteiger partial charge in [-0.1, -0.05) is 20.8 Å². The molecule has 0 atom stereocenters. The Morgan fingerprint density at radius 1 is 1.08 bits per heavy atom. The maximum atomic E-state index is 11.9. The van der Waals surface area contributed by atoms with Crippen molar-refractivity contribution in [1.29, 1.82) is 0 Å². The third-order valence-electron chi connectivity index (χ3n) is 4.62. The predicted octanol–water partition coefficient (Wildman–Crippen LogP) is 1.67. The minimum atomic E-state index is -0.461. The Labute approximate surface area is 157 Å². The van der Waals surface area contributed by atoms with Crippen LogP contribution in [-0.4, -0.2) is 51.6 Å². The van der Waals surface area contributed by atoms with E-state index in [1.165, 1.54) is 11.5 Å². The SMILES string of the molecule is Cc1nnc(N2CCN(c3nc(C(C)(C)C)ns3)CC2)c(C(N)=O)c1C. The average Bonchev–Trinajstić information content (AvgIpc) is 3.07. The van der Waals surface area contributed by atoms with Crippen molar-refractivity contribution in [1.82, 2.24) is 19.6 Å². The molecule has 1 amide bonds. The van der Waals surface area contributed by atoms with E-state index in [-0.39, 0.29) is 5.41 Å². The Kier molecular flexibility index (Phi) is 4.83. The lowest BCUT2D eigenvalue weighted by molar-refractivity contribution is 0.0999. The molecule has 0 saturated carbocycles. The predicted molar refractivity (Wildman–Crippen MR) is 103 cm³/mol. The molecule has 0 spiro atoms. The zero-order valence-corrected chi connectivity index (χ0v) is 16.7. The quantitative estimate of drug-likeness (QED) is 0.870. The lowest BCUT2D eigenvalue weighted by Crippen LogP contribution is -2.47. The van der Waals surface area contributed by atoms with Crippen molar-refractivity contribution < 1.29 is 4.79 Å². The highest BCUT2D eigenvalue weighted by Gasteiger charge is 2.27. The first kappa shape index (κ1) is 18.5. The first-order valence-electron chi connectivity index (χ1n) is 8.66.